The fourth-order valence-electron chi connectivity index (χ4n) is 2.35. The van der Waals surface area contributed by atoms with E-state index in [0.717, 1.165) is 20.8 Å². The quantitative estimate of drug-likeness (QED) is 0.485. The number of hydrogen-bond donors (Lipinski definition) is 1. The number of anilines is 1. The van der Waals surface area contributed by atoms with Crippen LogP contribution in [0.2, 0.25) is 5.02 Å². The zero-order chi connectivity index (χ0) is 16.5. The summed E-state index contributed by atoms with van der Waals surface area (Å²) >= 11 is 9.34. The van der Waals surface area contributed by atoms with Crippen LogP contribution in [0.1, 0.15) is 9.67 Å². The molecular weight excluding hydrogens is 360 g/mol. The van der Waals surface area contributed by atoms with Crippen molar-refractivity contribution < 1.29 is 4.79 Å². The third-order valence-electron chi connectivity index (χ3n) is 3.49. The Kier molecular flexibility index (Phi) is 4.06. The van der Waals surface area contributed by atoms with Gasteiger partial charge in [-0.1, -0.05) is 29.8 Å². The summed E-state index contributed by atoms with van der Waals surface area (Å²) in [5, 5.41) is 6.24. The largest absolute Gasteiger partial charge is 0.321 e. The third-order valence-corrected chi connectivity index (χ3v) is 5.76. The van der Waals surface area contributed by atoms with Crippen molar-refractivity contribution in [3.8, 4) is 10.6 Å². The third kappa shape index (κ3) is 2.94. The minimum atomic E-state index is -0.123. The number of amides is 1. The Balaban J connectivity index is 1.69. The lowest BCUT2D eigenvalue weighted by Crippen LogP contribution is -2.10. The highest BCUT2D eigenvalue weighted by molar-refractivity contribution is 7.21. The first-order valence-electron chi connectivity index (χ1n) is 7.21. The molecule has 118 valence electrons. The van der Waals surface area contributed by atoms with Gasteiger partial charge in [-0.25, -0.2) is 4.98 Å². The van der Waals surface area contributed by atoms with Crippen molar-refractivity contribution in [1.29, 1.82) is 0 Å². The number of thiophene rings is 1. The SMILES string of the molecule is O=C(Nc1ccc(Cl)c(-c2nc3ccccc3s2)c1)c1cccs1. The molecule has 6 heteroatoms. The summed E-state index contributed by atoms with van der Waals surface area (Å²) in [4.78, 5) is 17.5. The van der Waals surface area contributed by atoms with Crippen LogP contribution in [0.15, 0.2) is 60.0 Å². The molecule has 0 aliphatic carbocycles. The first-order valence-corrected chi connectivity index (χ1v) is 9.28. The molecule has 0 aliphatic heterocycles. The second kappa shape index (κ2) is 6.36. The average Bonchev–Trinajstić information content (AvgIpc) is 3.25. The van der Waals surface area contributed by atoms with Crippen LogP contribution in [-0.2, 0) is 0 Å². The van der Waals surface area contributed by atoms with Gasteiger partial charge in [-0.05, 0) is 41.8 Å². The molecule has 2 heterocycles. The fourth-order valence-corrected chi connectivity index (χ4v) is 4.23. The van der Waals surface area contributed by atoms with E-state index in [1.54, 1.807) is 29.5 Å². The maximum atomic E-state index is 12.2. The average molecular weight is 371 g/mol. The van der Waals surface area contributed by atoms with E-state index in [9.17, 15) is 4.79 Å². The van der Waals surface area contributed by atoms with Crippen LogP contribution in [0.3, 0.4) is 0 Å². The molecule has 24 heavy (non-hydrogen) atoms. The molecule has 3 nitrogen and oxygen atoms in total. The van der Waals surface area contributed by atoms with Crippen LogP contribution < -0.4 is 5.32 Å². The molecule has 4 aromatic rings. The number of carbonyl (C=O) groups is 1. The van der Waals surface area contributed by atoms with Gasteiger partial charge in [0.2, 0.25) is 0 Å². The Labute approximate surface area is 151 Å². The van der Waals surface area contributed by atoms with Crippen molar-refractivity contribution in [3.05, 3.63) is 69.9 Å². The highest BCUT2D eigenvalue weighted by Gasteiger charge is 2.12. The van der Waals surface area contributed by atoms with Gasteiger partial charge in [0.05, 0.1) is 20.1 Å². The number of para-hydroxylation sites is 1. The van der Waals surface area contributed by atoms with Crippen molar-refractivity contribution in [2.75, 3.05) is 5.32 Å². The van der Waals surface area contributed by atoms with E-state index in [-0.39, 0.29) is 5.91 Å². The number of carbonyl (C=O) groups excluding carboxylic acids is 1. The zero-order valence-corrected chi connectivity index (χ0v) is 14.7. The predicted molar refractivity (Wildman–Crippen MR) is 102 cm³/mol. The van der Waals surface area contributed by atoms with E-state index in [1.807, 2.05) is 41.8 Å². The Morgan fingerprint density at radius 1 is 1.08 bits per heavy atom. The minimum Gasteiger partial charge on any atom is -0.321 e. The topological polar surface area (TPSA) is 42.0 Å². The predicted octanol–water partition coefficient (Wildman–Crippen LogP) is 5.93. The molecule has 0 atom stereocenters. The van der Waals surface area contributed by atoms with Crippen molar-refractivity contribution in [2.45, 2.75) is 0 Å². The molecule has 0 aliphatic rings. The first-order chi connectivity index (χ1) is 11.7. The highest BCUT2D eigenvalue weighted by atomic mass is 35.5. The molecule has 0 radical (unpaired) electrons. The molecule has 0 fully saturated rings. The molecular formula is C18H11ClN2OS2. The van der Waals surface area contributed by atoms with E-state index in [1.165, 1.54) is 11.3 Å². The summed E-state index contributed by atoms with van der Waals surface area (Å²) in [5.41, 5.74) is 2.47. The van der Waals surface area contributed by atoms with Crippen LogP contribution >= 0.6 is 34.3 Å². The van der Waals surface area contributed by atoms with Crippen LogP contribution in [-0.4, -0.2) is 10.9 Å². The Morgan fingerprint density at radius 3 is 2.75 bits per heavy atom. The molecule has 4 rings (SSSR count). The zero-order valence-electron chi connectivity index (χ0n) is 12.3. The normalized spacial score (nSPS) is 10.9. The molecule has 0 unspecified atom stereocenters. The van der Waals surface area contributed by atoms with Gasteiger partial charge in [-0.2, -0.15) is 0 Å². The van der Waals surface area contributed by atoms with Gasteiger partial charge in [-0.3, -0.25) is 4.79 Å². The van der Waals surface area contributed by atoms with Crippen molar-refractivity contribution in [3.63, 3.8) is 0 Å². The maximum absolute atomic E-state index is 12.2. The molecule has 2 aromatic carbocycles. The van der Waals surface area contributed by atoms with E-state index >= 15 is 0 Å². The molecule has 2 aromatic heterocycles. The van der Waals surface area contributed by atoms with Crippen LogP contribution in [0.25, 0.3) is 20.8 Å². The minimum absolute atomic E-state index is 0.123. The molecule has 0 spiro atoms. The number of fused-ring (bicyclic) bond motifs is 1. The molecule has 0 bridgehead atoms. The summed E-state index contributed by atoms with van der Waals surface area (Å²) in [6.07, 6.45) is 0. The number of nitrogens with zero attached hydrogens (tertiary/aromatic N) is 1. The van der Waals surface area contributed by atoms with Gasteiger partial charge >= 0.3 is 0 Å². The van der Waals surface area contributed by atoms with Gasteiger partial charge in [0.1, 0.15) is 5.01 Å². The number of thiazole rings is 1. The number of rotatable bonds is 3. The molecule has 0 saturated heterocycles. The summed E-state index contributed by atoms with van der Waals surface area (Å²) < 4.78 is 1.11. The Hall–Kier alpha value is -2.21. The lowest BCUT2D eigenvalue weighted by atomic mass is 10.2. The van der Waals surface area contributed by atoms with Crippen molar-refractivity contribution in [2.24, 2.45) is 0 Å². The Morgan fingerprint density at radius 2 is 1.96 bits per heavy atom. The van der Waals surface area contributed by atoms with Gasteiger partial charge < -0.3 is 5.32 Å². The molecule has 0 saturated carbocycles. The van der Waals surface area contributed by atoms with Gasteiger partial charge in [-0.15, -0.1) is 22.7 Å². The van der Waals surface area contributed by atoms with Crippen molar-refractivity contribution >= 4 is 56.1 Å². The second-order valence-corrected chi connectivity index (χ2v) is 7.50. The van der Waals surface area contributed by atoms with Crippen LogP contribution in [0.4, 0.5) is 5.69 Å². The van der Waals surface area contributed by atoms with E-state index in [0.29, 0.717) is 15.6 Å². The summed E-state index contributed by atoms with van der Waals surface area (Å²) in [6.45, 7) is 0. The standard InChI is InChI=1S/C18H11ClN2OS2/c19-13-8-7-11(20-17(22)16-6-3-9-23-16)10-12(13)18-21-14-4-1-2-5-15(14)24-18/h1-10H,(H,20,22). The van der Waals surface area contributed by atoms with E-state index < -0.39 is 0 Å². The first kappa shape index (κ1) is 15.3. The number of nitrogens with one attached hydrogen (secondary N) is 1. The number of benzene rings is 2. The highest BCUT2D eigenvalue weighted by Crippen LogP contribution is 2.36. The summed E-state index contributed by atoms with van der Waals surface area (Å²) in [6, 6.07) is 17.1. The second-order valence-electron chi connectivity index (χ2n) is 5.11. The maximum Gasteiger partial charge on any atom is 0.265 e. The Bertz CT molecular complexity index is 992. The van der Waals surface area contributed by atoms with E-state index in [4.69, 9.17) is 11.6 Å². The van der Waals surface area contributed by atoms with E-state index in [2.05, 4.69) is 10.3 Å². The van der Waals surface area contributed by atoms with Crippen LogP contribution in [0, 0.1) is 0 Å². The van der Waals surface area contributed by atoms with Crippen molar-refractivity contribution in [1.82, 2.24) is 4.98 Å². The molecule has 1 amide bonds. The molecule has 1 N–H and O–H groups in total. The number of halogens is 1. The number of aromatic nitrogens is 1. The van der Waals surface area contributed by atoms with Gasteiger partial charge in [0.15, 0.2) is 0 Å². The monoisotopic (exact) mass is 370 g/mol. The lowest BCUT2D eigenvalue weighted by molar-refractivity contribution is 0.103. The van der Waals surface area contributed by atoms with Gasteiger partial charge in [0.25, 0.3) is 5.91 Å². The summed E-state index contributed by atoms with van der Waals surface area (Å²) in [5.74, 6) is -0.123. The fraction of sp³-hybridized carbons (Fsp3) is 0. The summed E-state index contributed by atoms with van der Waals surface area (Å²) in [7, 11) is 0. The smallest absolute Gasteiger partial charge is 0.265 e. The number of hydrogen-bond acceptors (Lipinski definition) is 4. The van der Waals surface area contributed by atoms with Gasteiger partial charge in [0, 0.05) is 11.3 Å². The lowest BCUT2D eigenvalue weighted by Gasteiger charge is -2.07. The van der Waals surface area contributed by atoms with Crippen LogP contribution in [0.5, 0.6) is 0 Å².